The zero-order valence-electron chi connectivity index (χ0n) is 16.1. The van der Waals surface area contributed by atoms with Crippen molar-refractivity contribution >= 4 is 5.97 Å². The fourth-order valence-corrected chi connectivity index (χ4v) is 4.04. The van der Waals surface area contributed by atoms with Crippen molar-refractivity contribution in [3.63, 3.8) is 0 Å². The third kappa shape index (κ3) is 3.65. The highest BCUT2D eigenvalue weighted by molar-refractivity contribution is 5.89. The van der Waals surface area contributed by atoms with Gasteiger partial charge in [-0.25, -0.2) is 4.79 Å². The van der Waals surface area contributed by atoms with Crippen molar-refractivity contribution in [3.05, 3.63) is 89.5 Å². The van der Waals surface area contributed by atoms with Crippen molar-refractivity contribution in [2.45, 2.75) is 25.2 Å². The van der Waals surface area contributed by atoms with E-state index in [1.807, 2.05) is 12.1 Å². The molecule has 3 nitrogen and oxygen atoms in total. The number of carbonyl (C=O) groups is 1. The minimum Gasteiger partial charge on any atom is -0.494 e. The second-order valence-electron chi connectivity index (χ2n) is 7.09. The molecule has 3 aromatic rings. The molecule has 3 aromatic carbocycles. The predicted molar refractivity (Wildman–Crippen MR) is 111 cm³/mol. The summed E-state index contributed by atoms with van der Waals surface area (Å²) in [4.78, 5) is 11.6. The van der Waals surface area contributed by atoms with Gasteiger partial charge in [0.25, 0.3) is 0 Å². The summed E-state index contributed by atoms with van der Waals surface area (Å²) in [7, 11) is 1.38. The van der Waals surface area contributed by atoms with Gasteiger partial charge in [0.2, 0.25) is 0 Å². The number of esters is 1. The minimum absolute atomic E-state index is 0.344. The van der Waals surface area contributed by atoms with Crippen molar-refractivity contribution in [1.82, 2.24) is 0 Å². The van der Waals surface area contributed by atoms with Gasteiger partial charge in [0.15, 0.2) is 0 Å². The SMILES string of the molecule is COC(=O)c1cccc(OCCCCC2c3ccccc3-c3ccccc32)c1. The van der Waals surface area contributed by atoms with E-state index in [0.717, 1.165) is 19.3 Å². The second-order valence-corrected chi connectivity index (χ2v) is 7.09. The summed E-state index contributed by atoms with van der Waals surface area (Å²) in [6.07, 6.45) is 3.17. The molecular formula is C25H24O3. The number of methoxy groups -OCH3 is 1. The fraction of sp³-hybridized carbons (Fsp3) is 0.240. The number of rotatable bonds is 7. The maximum atomic E-state index is 11.6. The predicted octanol–water partition coefficient (Wildman–Crippen LogP) is 5.83. The second kappa shape index (κ2) is 8.30. The van der Waals surface area contributed by atoms with Crippen LogP contribution in [0.5, 0.6) is 5.75 Å². The quantitative estimate of drug-likeness (QED) is 0.386. The first-order chi connectivity index (χ1) is 13.8. The van der Waals surface area contributed by atoms with Gasteiger partial charge in [0.1, 0.15) is 5.75 Å². The van der Waals surface area contributed by atoms with E-state index in [4.69, 9.17) is 9.47 Å². The van der Waals surface area contributed by atoms with Crippen LogP contribution in [0.4, 0.5) is 0 Å². The normalized spacial score (nSPS) is 12.3. The number of unbranched alkanes of at least 4 members (excludes halogenated alkanes) is 1. The molecule has 1 aliphatic rings. The number of hydrogen-bond acceptors (Lipinski definition) is 3. The van der Waals surface area contributed by atoms with Crippen LogP contribution in [0, 0.1) is 0 Å². The topological polar surface area (TPSA) is 35.5 Å². The molecular weight excluding hydrogens is 348 g/mol. The van der Waals surface area contributed by atoms with Gasteiger partial charge in [-0.05, 0) is 59.7 Å². The summed E-state index contributed by atoms with van der Waals surface area (Å²) >= 11 is 0. The van der Waals surface area contributed by atoms with E-state index in [2.05, 4.69) is 48.5 Å². The van der Waals surface area contributed by atoms with Crippen LogP contribution in [0.3, 0.4) is 0 Å². The molecule has 3 heteroatoms. The van der Waals surface area contributed by atoms with Crippen LogP contribution in [0.25, 0.3) is 11.1 Å². The molecule has 0 aromatic heterocycles. The van der Waals surface area contributed by atoms with Crippen LogP contribution >= 0.6 is 0 Å². The lowest BCUT2D eigenvalue weighted by atomic mass is 9.92. The summed E-state index contributed by atoms with van der Waals surface area (Å²) < 4.78 is 10.6. The Morgan fingerprint density at radius 1 is 0.857 bits per heavy atom. The lowest BCUT2D eigenvalue weighted by Crippen LogP contribution is -2.03. The summed E-state index contributed by atoms with van der Waals surface area (Å²) in [6.45, 7) is 0.640. The number of hydrogen-bond donors (Lipinski definition) is 0. The highest BCUT2D eigenvalue weighted by Crippen LogP contribution is 2.46. The molecule has 0 N–H and O–H groups in total. The molecule has 0 saturated carbocycles. The van der Waals surface area contributed by atoms with Gasteiger partial charge >= 0.3 is 5.97 Å². The molecule has 0 aliphatic heterocycles. The monoisotopic (exact) mass is 372 g/mol. The molecule has 0 unspecified atom stereocenters. The Kier molecular flexibility index (Phi) is 5.43. The number of fused-ring (bicyclic) bond motifs is 3. The summed E-state index contributed by atoms with van der Waals surface area (Å²) in [6, 6.07) is 24.6. The Bertz CT molecular complexity index is 931. The molecule has 0 fully saturated rings. The first-order valence-corrected chi connectivity index (χ1v) is 9.77. The third-order valence-electron chi connectivity index (χ3n) is 5.37. The van der Waals surface area contributed by atoms with Crippen molar-refractivity contribution in [1.29, 1.82) is 0 Å². The van der Waals surface area contributed by atoms with E-state index in [-0.39, 0.29) is 5.97 Å². The average Bonchev–Trinajstić information content (AvgIpc) is 3.07. The van der Waals surface area contributed by atoms with Crippen molar-refractivity contribution in [3.8, 4) is 16.9 Å². The Labute approximate surface area is 165 Å². The largest absolute Gasteiger partial charge is 0.494 e. The fourth-order valence-electron chi connectivity index (χ4n) is 4.04. The maximum absolute atomic E-state index is 11.6. The first kappa shape index (κ1) is 18.3. The molecule has 0 heterocycles. The van der Waals surface area contributed by atoms with E-state index in [9.17, 15) is 4.79 Å². The van der Waals surface area contributed by atoms with Gasteiger partial charge in [-0.2, -0.15) is 0 Å². The Morgan fingerprint density at radius 3 is 2.21 bits per heavy atom. The van der Waals surface area contributed by atoms with Gasteiger partial charge < -0.3 is 9.47 Å². The van der Waals surface area contributed by atoms with E-state index < -0.39 is 0 Å². The minimum atomic E-state index is -0.344. The van der Waals surface area contributed by atoms with Crippen LogP contribution in [0.2, 0.25) is 0 Å². The van der Waals surface area contributed by atoms with Crippen LogP contribution in [-0.2, 0) is 4.74 Å². The summed E-state index contributed by atoms with van der Waals surface area (Å²) in [5, 5.41) is 0. The molecule has 4 rings (SSSR count). The van der Waals surface area contributed by atoms with Crippen LogP contribution < -0.4 is 4.74 Å². The number of ether oxygens (including phenoxy) is 2. The molecule has 0 radical (unpaired) electrons. The summed E-state index contributed by atoms with van der Waals surface area (Å²) in [5.41, 5.74) is 6.14. The van der Waals surface area contributed by atoms with Crippen molar-refractivity contribution < 1.29 is 14.3 Å². The van der Waals surface area contributed by atoms with Gasteiger partial charge in [-0.1, -0.05) is 54.6 Å². The van der Waals surface area contributed by atoms with Gasteiger partial charge in [0, 0.05) is 5.92 Å². The smallest absolute Gasteiger partial charge is 0.337 e. The standard InChI is InChI=1S/C25H24O3/c1-27-25(26)18-9-8-10-19(17-18)28-16-7-6-15-24-22-13-4-2-11-20(22)21-12-3-5-14-23(21)24/h2-5,8-14,17,24H,6-7,15-16H2,1H3. The lowest BCUT2D eigenvalue weighted by Gasteiger charge is -2.14. The lowest BCUT2D eigenvalue weighted by molar-refractivity contribution is 0.0600. The van der Waals surface area contributed by atoms with Crippen molar-refractivity contribution in [2.75, 3.05) is 13.7 Å². The van der Waals surface area contributed by atoms with Gasteiger partial charge in [-0.3, -0.25) is 0 Å². The zero-order valence-corrected chi connectivity index (χ0v) is 16.1. The highest BCUT2D eigenvalue weighted by atomic mass is 16.5. The maximum Gasteiger partial charge on any atom is 0.337 e. The molecule has 0 atom stereocenters. The Balaban J connectivity index is 1.33. The summed E-state index contributed by atoms with van der Waals surface area (Å²) in [5.74, 6) is 0.832. The van der Waals surface area contributed by atoms with E-state index in [1.165, 1.54) is 29.4 Å². The van der Waals surface area contributed by atoms with Gasteiger partial charge in [0.05, 0.1) is 19.3 Å². The van der Waals surface area contributed by atoms with Crippen LogP contribution in [-0.4, -0.2) is 19.7 Å². The third-order valence-corrected chi connectivity index (χ3v) is 5.37. The Morgan fingerprint density at radius 2 is 1.54 bits per heavy atom. The van der Waals surface area contributed by atoms with E-state index in [0.29, 0.717) is 23.8 Å². The number of benzene rings is 3. The first-order valence-electron chi connectivity index (χ1n) is 9.77. The molecule has 0 spiro atoms. The molecule has 0 saturated heterocycles. The van der Waals surface area contributed by atoms with E-state index >= 15 is 0 Å². The molecule has 142 valence electrons. The molecule has 0 amide bonds. The number of carbonyl (C=O) groups excluding carboxylic acids is 1. The van der Waals surface area contributed by atoms with Crippen LogP contribution in [0.15, 0.2) is 72.8 Å². The molecule has 1 aliphatic carbocycles. The van der Waals surface area contributed by atoms with Crippen molar-refractivity contribution in [2.24, 2.45) is 0 Å². The van der Waals surface area contributed by atoms with Gasteiger partial charge in [-0.15, -0.1) is 0 Å². The van der Waals surface area contributed by atoms with Crippen LogP contribution in [0.1, 0.15) is 46.7 Å². The van der Waals surface area contributed by atoms with E-state index in [1.54, 1.807) is 12.1 Å². The average molecular weight is 372 g/mol. The Hall–Kier alpha value is -3.07. The molecule has 0 bridgehead atoms. The highest BCUT2D eigenvalue weighted by Gasteiger charge is 2.27. The zero-order chi connectivity index (χ0) is 19.3. The molecule has 28 heavy (non-hydrogen) atoms.